The lowest BCUT2D eigenvalue weighted by molar-refractivity contribution is -0.111. The molecule has 1 aromatic carbocycles. The summed E-state index contributed by atoms with van der Waals surface area (Å²) in [5.41, 5.74) is -1.38. The molecule has 2 nitrogen and oxygen atoms in total. The monoisotopic (exact) mass is 319 g/mol. The van der Waals surface area contributed by atoms with Crippen LogP contribution < -0.4 is 5.32 Å². The van der Waals surface area contributed by atoms with E-state index in [2.05, 4.69) is 0 Å². The Kier molecular flexibility index (Phi) is 4.37. The Hall–Kier alpha value is -2.22. The molecule has 0 unspecified atom stereocenters. The number of thiophene rings is 1. The minimum Gasteiger partial charge on any atom is -0.317 e. The van der Waals surface area contributed by atoms with Crippen molar-refractivity contribution in [3.63, 3.8) is 0 Å². The second-order valence-corrected chi connectivity index (χ2v) is 4.76. The van der Waals surface area contributed by atoms with Crippen LogP contribution in [0, 0.1) is 29.1 Å². The second-order valence-electron chi connectivity index (χ2n) is 3.78. The van der Waals surface area contributed by atoms with E-state index in [1.165, 1.54) is 17.4 Å². The zero-order valence-corrected chi connectivity index (χ0v) is 10.9. The van der Waals surface area contributed by atoms with Crippen molar-refractivity contribution in [1.29, 1.82) is 0 Å². The number of amides is 1. The number of carbonyl (C=O) groups is 1. The van der Waals surface area contributed by atoms with Gasteiger partial charge in [-0.25, -0.2) is 22.0 Å². The molecule has 0 aliphatic heterocycles. The van der Waals surface area contributed by atoms with Crippen LogP contribution in [0.25, 0.3) is 6.08 Å². The summed E-state index contributed by atoms with van der Waals surface area (Å²) in [6.45, 7) is 0. The van der Waals surface area contributed by atoms with Gasteiger partial charge >= 0.3 is 0 Å². The smallest absolute Gasteiger partial charge is 0.248 e. The predicted octanol–water partition coefficient (Wildman–Crippen LogP) is 4.10. The van der Waals surface area contributed by atoms with E-state index >= 15 is 0 Å². The zero-order chi connectivity index (χ0) is 15.6. The van der Waals surface area contributed by atoms with Crippen LogP contribution in [0.2, 0.25) is 0 Å². The van der Waals surface area contributed by atoms with Crippen LogP contribution in [-0.2, 0) is 4.79 Å². The van der Waals surface area contributed by atoms with Crippen LogP contribution in [0.3, 0.4) is 0 Å². The molecule has 0 aliphatic rings. The molecule has 0 fully saturated rings. The van der Waals surface area contributed by atoms with Gasteiger partial charge in [-0.05, 0) is 17.5 Å². The molecule has 8 heteroatoms. The molecule has 2 aromatic rings. The maximum atomic E-state index is 13.3. The molecule has 1 N–H and O–H groups in total. The summed E-state index contributed by atoms with van der Waals surface area (Å²) in [6, 6.07) is 3.39. The maximum absolute atomic E-state index is 13.3. The zero-order valence-electron chi connectivity index (χ0n) is 10.1. The second kappa shape index (κ2) is 6.04. The summed E-state index contributed by atoms with van der Waals surface area (Å²) in [4.78, 5) is 12.1. The van der Waals surface area contributed by atoms with E-state index in [9.17, 15) is 26.7 Å². The largest absolute Gasteiger partial charge is 0.317 e. The summed E-state index contributed by atoms with van der Waals surface area (Å²) >= 11 is 1.30. The van der Waals surface area contributed by atoms with Crippen molar-refractivity contribution in [2.75, 3.05) is 5.32 Å². The van der Waals surface area contributed by atoms with Gasteiger partial charge in [-0.15, -0.1) is 11.3 Å². The van der Waals surface area contributed by atoms with Gasteiger partial charge in [0.1, 0.15) is 5.69 Å². The van der Waals surface area contributed by atoms with Gasteiger partial charge in [-0.1, -0.05) is 6.07 Å². The Balaban J connectivity index is 2.26. The summed E-state index contributed by atoms with van der Waals surface area (Å²) in [6.07, 6.45) is 2.26. The highest BCUT2D eigenvalue weighted by molar-refractivity contribution is 7.10. The summed E-state index contributed by atoms with van der Waals surface area (Å²) in [5, 5.41) is 3.37. The predicted molar refractivity (Wildman–Crippen MR) is 68.2 cm³/mol. The van der Waals surface area contributed by atoms with Crippen molar-refractivity contribution in [3.8, 4) is 0 Å². The van der Waals surface area contributed by atoms with Gasteiger partial charge < -0.3 is 5.32 Å². The van der Waals surface area contributed by atoms with Gasteiger partial charge in [0.25, 0.3) is 0 Å². The van der Waals surface area contributed by atoms with Gasteiger partial charge in [0.15, 0.2) is 23.3 Å². The SMILES string of the molecule is O=C(/C=C/c1cccs1)Nc1c(F)c(F)c(F)c(F)c1F. The van der Waals surface area contributed by atoms with Gasteiger partial charge in [-0.3, -0.25) is 4.79 Å². The van der Waals surface area contributed by atoms with E-state index < -0.39 is 40.7 Å². The van der Waals surface area contributed by atoms with Crippen molar-refractivity contribution in [2.45, 2.75) is 0 Å². The highest BCUT2D eigenvalue weighted by Gasteiger charge is 2.26. The first kappa shape index (κ1) is 15.2. The fraction of sp³-hybridized carbons (Fsp3) is 0. The Bertz CT molecular complexity index is 683. The molecule has 110 valence electrons. The molecule has 1 aromatic heterocycles. The first-order chi connectivity index (χ1) is 9.91. The number of carbonyl (C=O) groups excluding carboxylic acids is 1. The molecule has 0 atom stereocenters. The number of nitrogens with one attached hydrogen (secondary N) is 1. The van der Waals surface area contributed by atoms with Crippen molar-refractivity contribution in [2.24, 2.45) is 0 Å². The number of hydrogen-bond acceptors (Lipinski definition) is 2. The lowest BCUT2D eigenvalue weighted by Gasteiger charge is -2.08. The molecular formula is C13H6F5NOS. The summed E-state index contributed by atoms with van der Waals surface area (Å²) in [7, 11) is 0. The number of anilines is 1. The average molecular weight is 319 g/mol. The number of hydrogen-bond donors (Lipinski definition) is 1. The maximum Gasteiger partial charge on any atom is 0.248 e. The van der Waals surface area contributed by atoms with Crippen LogP contribution >= 0.6 is 11.3 Å². The van der Waals surface area contributed by atoms with E-state index in [1.54, 1.807) is 22.8 Å². The molecule has 0 saturated heterocycles. The Morgan fingerprint density at radius 1 is 1.00 bits per heavy atom. The first-order valence-corrected chi connectivity index (χ1v) is 6.33. The molecule has 0 spiro atoms. The number of halogens is 5. The summed E-state index contributed by atoms with van der Waals surface area (Å²) in [5.74, 6) is -11.7. The van der Waals surface area contributed by atoms with Crippen molar-refractivity contribution < 1.29 is 26.7 Å². The van der Waals surface area contributed by atoms with Gasteiger partial charge in [0.2, 0.25) is 11.7 Å². The number of rotatable bonds is 3. The minimum absolute atomic E-state index is 0.683. The van der Waals surface area contributed by atoms with E-state index in [-0.39, 0.29) is 0 Å². The van der Waals surface area contributed by atoms with Gasteiger partial charge in [0.05, 0.1) is 0 Å². The molecule has 0 aliphatic carbocycles. The normalized spacial score (nSPS) is 11.1. The highest BCUT2D eigenvalue weighted by atomic mass is 32.1. The van der Waals surface area contributed by atoms with E-state index in [0.717, 1.165) is 6.08 Å². The molecule has 1 heterocycles. The molecular weight excluding hydrogens is 313 g/mol. The van der Waals surface area contributed by atoms with E-state index in [1.807, 2.05) is 0 Å². The fourth-order valence-corrected chi connectivity index (χ4v) is 2.04. The van der Waals surface area contributed by atoms with E-state index in [0.29, 0.717) is 4.88 Å². The molecule has 21 heavy (non-hydrogen) atoms. The van der Waals surface area contributed by atoms with Crippen LogP contribution in [0.1, 0.15) is 4.88 Å². The van der Waals surface area contributed by atoms with Crippen LogP contribution in [0.4, 0.5) is 27.6 Å². The third kappa shape index (κ3) is 3.10. The quantitative estimate of drug-likeness (QED) is 0.392. The highest BCUT2D eigenvalue weighted by Crippen LogP contribution is 2.27. The lowest BCUT2D eigenvalue weighted by atomic mass is 10.2. The van der Waals surface area contributed by atoms with Crippen molar-refractivity contribution in [1.82, 2.24) is 0 Å². The fourth-order valence-electron chi connectivity index (χ4n) is 1.42. The molecule has 1 amide bonds. The van der Waals surface area contributed by atoms with Crippen LogP contribution in [0.5, 0.6) is 0 Å². The van der Waals surface area contributed by atoms with Crippen molar-refractivity contribution >= 4 is 29.0 Å². The minimum atomic E-state index is -2.28. The number of benzene rings is 1. The Labute approximate surface area is 119 Å². The Morgan fingerprint density at radius 3 is 2.10 bits per heavy atom. The molecule has 0 saturated carbocycles. The standard InChI is InChI=1S/C13H6F5NOS/c14-8-9(15)11(17)13(12(18)10(8)16)19-7(20)4-3-6-2-1-5-21-6/h1-5H,(H,19,20)/b4-3+. The summed E-state index contributed by atoms with van der Waals surface area (Å²) < 4.78 is 65.3. The van der Waals surface area contributed by atoms with E-state index in [4.69, 9.17) is 0 Å². The Morgan fingerprint density at radius 2 is 1.57 bits per heavy atom. The lowest BCUT2D eigenvalue weighted by Crippen LogP contribution is -2.14. The van der Waals surface area contributed by atoms with Gasteiger partial charge in [-0.2, -0.15) is 0 Å². The molecule has 2 rings (SSSR count). The van der Waals surface area contributed by atoms with Gasteiger partial charge in [0, 0.05) is 11.0 Å². The average Bonchev–Trinajstić information content (AvgIpc) is 2.99. The van der Waals surface area contributed by atoms with Crippen LogP contribution in [-0.4, -0.2) is 5.91 Å². The molecule has 0 radical (unpaired) electrons. The molecule has 0 bridgehead atoms. The topological polar surface area (TPSA) is 29.1 Å². The third-order valence-corrected chi connectivity index (χ3v) is 3.24. The first-order valence-electron chi connectivity index (χ1n) is 5.45. The third-order valence-electron chi connectivity index (χ3n) is 2.40. The van der Waals surface area contributed by atoms with Crippen molar-refractivity contribution in [3.05, 3.63) is 57.6 Å². The van der Waals surface area contributed by atoms with Crippen LogP contribution in [0.15, 0.2) is 23.6 Å².